The van der Waals surface area contributed by atoms with E-state index in [9.17, 15) is 9.59 Å². The zero-order valence-corrected chi connectivity index (χ0v) is 8.67. The Balaban J connectivity index is 2.33. The number of nitriles is 1. The highest BCUT2D eigenvalue weighted by Gasteiger charge is 2.36. The van der Waals surface area contributed by atoms with Gasteiger partial charge in [0.2, 0.25) is 0 Å². The van der Waals surface area contributed by atoms with Gasteiger partial charge in [-0.15, -0.1) is 0 Å². The highest BCUT2D eigenvalue weighted by molar-refractivity contribution is 6.21. The van der Waals surface area contributed by atoms with E-state index in [-0.39, 0.29) is 24.3 Å². The molecule has 5 nitrogen and oxygen atoms in total. The van der Waals surface area contributed by atoms with Crippen molar-refractivity contribution in [3.63, 3.8) is 0 Å². The van der Waals surface area contributed by atoms with Gasteiger partial charge in [0.05, 0.1) is 23.1 Å². The van der Waals surface area contributed by atoms with E-state index in [4.69, 9.17) is 5.26 Å². The van der Waals surface area contributed by atoms with Gasteiger partial charge in [-0.05, 0) is 13.0 Å². The Hall–Kier alpha value is -2.22. The van der Waals surface area contributed by atoms with E-state index in [2.05, 4.69) is 4.98 Å². The van der Waals surface area contributed by atoms with Crippen molar-refractivity contribution in [1.29, 1.82) is 5.26 Å². The third-order valence-electron chi connectivity index (χ3n) is 2.45. The van der Waals surface area contributed by atoms with Crippen LogP contribution in [0.4, 0.5) is 0 Å². The van der Waals surface area contributed by atoms with Gasteiger partial charge in [-0.3, -0.25) is 19.5 Å². The molecule has 2 heterocycles. The second-order valence-corrected chi connectivity index (χ2v) is 3.67. The van der Waals surface area contributed by atoms with E-state index < -0.39 is 0 Å². The SMILES string of the molecule is CC(C#N)CN1C(=O)c2ccncc2C1=O. The number of nitrogens with zero attached hydrogens (tertiary/aromatic N) is 3. The number of hydrogen-bond acceptors (Lipinski definition) is 4. The van der Waals surface area contributed by atoms with Gasteiger partial charge in [0.15, 0.2) is 0 Å². The quantitative estimate of drug-likeness (QED) is 0.685. The van der Waals surface area contributed by atoms with Crippen LogP contribution in [0, 0.1) is 17.2 Å². The molecule has 1 unspecified atom stereocenters. The predicted molar refractivity (Wildman–Crippen MR) is 54.4 cm³/mol. The fraction of sp³-hybridized carbons (Fsp3) is 0.273. The monoisotopic (exact) mass is 215 g/mol. The van der Waals surface area contributed by atoms with Crippen LogP contribution in [0.1, 0.15) is 27.6 Å². The van der Waals surface area contributed by atoms with Crippen LogP contribution in [-0.2, 0) is 0 Å². The number of hydrogen-bond donors (Lipinski definition) is 0. The van der Waals surface area contributed by atoms with Crippen molar-refractivity contribution in [2.75, 3.05) is 6.54 Å². The molecule has 0 bridgehead atoms. The number of imide groups is 1. The summed E-state index contributed by atoms with van der Waals surface area (Å²) in [4.78, 5) is 28.5. The zero-order chi connectivity index (χ0) is 11.7. The Labute approximate surface area is 92.3 Å². The Kier molecular flexibility index (Phi) is 2.41. The molecule has 0 spiro atoms. The number of pyridine rings is 1. The first kappa shape index (κ1) is 10.3. The smallest absolute Gasteiger partial charge is 0.263 e. The Morgan fingerprint density at radius 2 is 2.12 bits per heavy atom. The third kappa shape index (κ3) is 1.44. The molecular weight excluding hydrogens is 206 g/mol. The van der Waals surface area contributed by atoms with Gasteiger partial charge in [-0.25, -0.2) is 0 Å². The number of carbonyl (C=O) groups is 2. The third-order valence-corrected chi connectivity index (χ3v) is 2.45. The van der Waals surface area contributed by atoms with Crippen LogP contribution in [0.25, 0.3) is 0 Å². The summed E-state index contributed by atoms with van der Waals surface area (Å²) in [6.07, 6.45) is 2.86. The van der Waals surface area contributed by atoms with Gasteiger partial charge in [-0.2, -0.15) is 5.26 Å². The number of fused-ring (bicyclic) bond motifs is 1. The lowest BCUT2D eigenvalue weighted by atomic mass is 10.2. The van der Waals surface area contributed by atoms with Crippen LogP contribution in [-0.4, -0.2) is 28.2 Å². The Bertz CT molecular complexity index is 469. The van der Waals surface area contributed by atoms with Gasteiger partial charge in [0.1, 0.15) is 0 Å². The number of rotatable bonds is 2. The van der Waals surface area contributed by atoms with Crippen molar-refractivity contribution < 1.29 is 9.59 Å². The molecular formula is C11H9N3O2. The molecule has 2 amide bonds. The average Bonchev–Trinajstić information content (AvgIpc) is 2.55. The summed E-state index contributed by atoms with van der Waals surface area (Å²) in [6, 6.07) is 3.52. The zero-order valence-electron chi connectivity index (χ0n) is 8.67. The average molecular weight is 215 g/mol. The molecule has 0 saturated heterocycles. The largest absolute Gasteiger partial charge is 0.273 e. The highest BCUT2D eigenvalue weighted by Crippen LogP contribution is 2.22. The van der Waals surface area contributed by atoms with Gasteiger partial charge in [0.25, 0.3) is 11.8 Å². The maximum atomic E-state index is 11.8. The van der Waals surface area contributed by atoms with E-state index in [0.29, 0.717) is 11.1 Å². The summed E-state index contributed by atoms with van der Waals surface area (Å²) in [6.45, 7) is 1.80. The summed E-state index contributed by atoms with van der Waals surface area (Å²) >= 11 is 0. The predicted octanol–water partition coefficient (Wildman–Crippen LogP) is 0.837. The minimum atomic E-state index is -0.366. The molecule has 1 aromatic heterocycles. The fourth-order valence-electron chi connectivity index (χ4n) is 1.61. The van der Waals surface area contributed by atoms with Crippen LogP contribution in [0.15, 0.2) is 18.5 Å². The lowest BCUT2D eigenvalue weighted by Crippen LogP contribution is -2.33. The summed E-state index contributed by atoms with van der Waals surface area (Å²) in [5.74, 6) is -1.07. The molecule has 1 aliphatic rings. The van der Waals surface area contributed by atoms with Crippen LogP contribution in [0.3, 0.4) is 0 Å². The van der Waals surface area contributed by atoms with Crippen molar-refractivity contribution in [2.24, 2.45) is 5.92 Å². The first-order valence-corrected chi connectivity index (χ1v) is 4.85. The molecule has 0 aromatic carbocycles. The van der Waals surface area contributed by atoms with Crippen LogP contribution in [0.2, 0.25) is 0 Å². The Morgan fingerprint density at radius 1 is 1.44 bits per heavy atom. The van der Waals surface area contributed by atoms with Crippen molar-refractivity contribution in [3.05, 3.63) is 29.6 Å². The molecule has 1 aliphatic heterocycles. The first-order valence-electron chi connectivity index (χ1n) is 4.85. The molecule has 16 heavy (non-hydrogen) atoms. The number of carbonyl (C=O) groups excluding carboxylic acids is 2. The first-order chi connectivity index (χ1) is 7.65. The van der Waals surface area contributed by atoms with Crippen molar-refractivity contribution >= 4 is 11.8 Å². The van der Waals surface area contributed by atoms with E-state index in [0.717, 1.165) is 4.90 Å². The molecule has 1 aromatic rings. The normalized spacial score (nSPS) is 15.9. The minimum absolute atomic E-state index is 0.128. The molecule has 80 valence electrons. The summed E-state index contributed by atoms with van der Waals surface area (Å²) in [7, 11) is 0. The second-order valence-electron chi connectivity index (χ2n) is 3.67. The fourth-order valence-corrected chi connectivity index (χ4v) is 1.61. The minimum Gasteiger partial charge on any atom is -0.273 e. The standard InChI is InChI=1S/C11H9N3O2/c1-7(4-12)6-14-10(15)8-2-3-13-5-9(8)11(14)16/h2-3,5,7H,6H2,1H3. The highest BCUT2D eigenvalue weighted by atomic mass is 16.2. The number of aromatic nitrogens is 1. The van der Waals surface area contributed by atoms with Gasteiger partial charge in [0, 0.05) is 18.9 Å². The van der Waals surface area contributed by atoms with Crippen molar-refractivity contribution in [2.45, 2.75) is 6.92 Å². The van der Waals surface area contributed by atoms with Crippen LogP contribution >= 0.6 is 0 Å². The van der Waals surface area contributed by atoms with E-state index in [1.54, 1.807) is 6.92 Å². The van der Waals surface area contributed by atoms with Gasteiger partial charge in [-0.1, -0.05) is 0 Å². The molecule has 2 rings (SSSR count). The molecule has 0 radical (unpaired) electrons. The second kappa shape index (κ2) is 3.74. The Morgan fingerprint density at radius 3 is 2.75 bits per heavy atom. The van der Waals surface area contributed by atoms with E-state index in [1.807, 2.05) is 6.07 Å². The molecule has 0 fully saturated rings. The van der Waals surface area contributed by atoms with Crippen LogP contribution in [0.5, 0.6) is 0 Å². The van der Waals surface area contributed by atoms with Gasteiger partial charge >= 0.3 is 0 Å². The van der Waals surface area contributed by atoms with Crippen molar-refractivity contribution in [3.8, 4) is 6.07 Å². The summed E-state index contributed by atoms with van der Waals surface area (Å²) in [5.41, 5.74) is 0.683. The van der Waals surface area contributed by atoms with E-state index >= 15 is 0 Å². The molecule has 1 atom stereocenters. The number of amides is 2. The molecule has 0 aliphatic carbocycles. The van der Waals surface area contributed by atoms with Crippen LogP contribution < -0.4 is 0 Å². The molecule has 5 heteroatoms. The lowest BCUT2D eigenvalue weighted by Gasteiger charge is -2.14. The van der Waals surface area contributed by atoms with E-state index in [1.165, 1.54) is 18.5 Å². The molecule has 0 saturated carbocycles. The van der Waals surface area contributed by atoms with Gasteiger partial charge < -0.3 is 0 Å². The maximum absolute atomic E-state index is 11.8. The topological polar surface area (TPSA) is 74.1 Å². The molecule has 0 N–H and O–H groups in total. The summed E-state index contributed by atoms with van der Waals surface area (Å²) < 4.78 is 0. The van der Waals surface area contributed by atoms with Crippen molar-refractivity contribution in [1.82, 2.24) is 9.88 Å². The maximum Gasteiger partial charge on any atom is 0.263 e. The summed E-state index contributed by atoms with van der Waals surface area (Å²) in [5, 5.41) is 8.67. The lowest BCUT2D eigenvalue weighted by molar-refractivity contribution is 0.0643.